The maximum absolute atomic E-state index is 13.3. The van der Waals surface area contributed by atoms with Gasteiger partial charge in [0.15, 0.2) is 0 Å². The molecule has 0 spiro atoms. The molecule has 1 amide bonds. The van der Waals surface area contributed by atoms with Crippen LogP contribution < -0.4 is 9.62 Å². The first-order valence-corrected chi connectivity index (χ1v) is 11.6. The van der Waals surface area contributed by atoms with Crippen LogP contribution in [0.1, 0.15) is 5.56 Å². The van der Waals surface area contributed by atoms with Crippen molar-refractivity contribution in [1.82, 2.24) is 0 Å². The molecule has 0 aliphatic carbocycles. The zero-order chi connectivity index (χ0) is 20.9. The number of hydrogen-bond donors (Lipinski definition) is 1. The first-order chi connectivity index (χ1) is 13.9. The van der Waals surface area contributed by atoms with E-state index in [0.29, 0.717) is 11.4 Å². The average molecular weight is 427 g/mol. The second kappa shape index (κ2) is 9.15. The maximum Gasteiger partial charge on any atom is 0.264 e. The Bertz CT molecular complexity index is 1100. The molecule has 150 valence electrons. The molecule has 1 N–H and O–H groups in total. The Kier molecular flexibility index (Phi) is 6.61. The normalized spacial score (nSPS) is 11.1. The highest BCUT2D eigenvalue weighted by atomic mass is 32.2. The second-order valence-electron chi connectivity index (χ2n) is 6.44. The van der Waals surface area contributed by atoms with Gasteiger partial charge >= 0.3 is 0 Å². The van der Waals surface area contributed by atoms with Crippen molar-refractivity contribution in [3.05, 3.63) is 84.4 Å². The number of thioether (sulfide) groups is 1. The molecule has 3 aromatic rings. The van der Waals surface area contributed by atoms with Crippen LogP contribution in [0.2, 0.25) is 0 Å². The number of carbonyl (C=O) groups is 1. The molecule has 0 aromatic heterocycles. The lowest BCUT2D eigenvalue weighted by atomic mass is 10.2. The van der Waals surface area contributed by atoms with E-state index in [0.717, 1.165) is 14.8 Å². The smallest absolute Gasteiger partial charge is 0.264 e. The van der Waals surface area contributed by atoms with Crippen LogP contribution in [0.3, 0.4) is 0 Å². The Morgan fingerprint density at radius 2 is 1.69 bits per heavy atom. The van der Waals surface area contributed by atoms with Gasteiger partial charge in [0, 0.05) is 10.6 Å². The summed E-state index contributed by atoms with van der Waals surface area (Å²) in [5.41, 5.74) is 1.98. The van der Waals surface area contributed by atoms with Crippen LogP contribution in [0, 0.1) is 6.92 Å². The van der Waals surface area contributed by atoms with E-state index in [1.165, 1.54) is 12.1 Å². The Balaban J connectivity index is 1.92. The van der Waals surface area contributed by atoms with Crippen molar-refractivity contribution in [2.24, 2.45) is 0 Å². The fraction of sp³-hybridized carbons (Fsp3) is 0.136. The number of anilines is 2. The Labute approximate surface area is 175 Å². The van der Waals surface area contributed by atoms with Gasteiger partial charge in [-0.2, -0.15) is 0 Å². The summed E-state index contributed by atoms with van der Waals surface area (Å²) in [6.07, 6.45) is 1.95. The largest absolute Gasteiger partial charge is 0.324 e. The summed E-state index contributed by atoms with van der Waals surface area (Å²) >= 11 is 1.57. The SMILES string of the molecule is CSc1cccc(NC(=O)CN(c2cccc(C)c2)S(=O)(=O)c2ccccc2)c1. The molecule has 0 atom stereocenters. The quantitative estimate of drug-likeness (QED) is 0.563. The first-order valence-electron chi connectivity index (χ1n) is 8.98. The lowest BCUT2D eigenvalue weighted by Crippen LogP contribution is -2.38. The molecule has 0 fully saturated rings. The number of sulfonamides is 1. The van der Waals surface area contributed by atoms with E-state index in [4.69, 9.17) is 0 Å². The maximum atomic E-state index is 13.3. The van der Waals surface area contributed by atoms with Gasteiger partial charge in [0.1, 0.15) is 6.54 Å². The second-order valence-corrected chi connectivity index (χ2v) is 9.19. The van der Waals surface area contributed by atoms with E-state index in [9.17, 15) is 13.2 Å². The summed E-state index contributed by atoms with van der Waals surface area (Å²) in [6, 6.07) is 22.6. The highest BCUT2D eigenvalue weighted by molar-refractivity contribution is 7.98. The van der Waals surface area contributed by atoms with E-state index in [-0.39, 0.29) is 11.4 Å². The molecule has 0 aliphatic heterocycles. The molecule has 0 saturated carbocycles. The van der Waals surface area contributed by atoms with Gasteiger partial charge < -0.3 is 5.32 Å². The molecular formula is C22H22N2O3S2. The van der Waals surface area contributed by atoms with E-state index >= 15 is 0 Å². The van der Waals surface area contributed by atoms with E-state index in [1.807, 2.05) is 37.4 Å². The predicted molar refractivity (Wildman–Crippen MR) is 119 cm³/mol. The summed E-state index contributed by atoms with van der Waals surface area (Å²) in [5.74, 6) is -0.413. The van der Waals surface area contributed by atoms with Crippen molar-refractivity contribution in [3.8, 4) is 0 Å². The van der Waals surface area contributed by atoms with Crippen LogP contribution in [0.5, 0.6) is 0 Å². The number of nitrogens with one attached hydrogen (secondary N) is 1. The third-order valence-corrected chi connectivity index (χ3v) is 6.77. The van der Waals surface area contributed by atoms with E-state index in [2.05, 4.69) is 5.32 Å². The van der Waals surface area contributed by atoms with Gasteiger partial charge in [0.05, 0.1) is 10.6 Å². The third-order valence-electron chi connectivity index (χ3n) is 4.26. The Morgan fingerprint density at radius 1 is 0.966 bits per heavy atom. The van der Waals surface area contributed by atoms with Crippen molar-refractivity contribution in [2.75, 3.05) is 22.4 Å². The molecule has 3 aromatic carbocycles. The number of benzene rings is 3. The minimum absolute atomic E-state index is 0.138. The monoisotopic (exact) mass is 426 g/mol. The van der Waals surface area contributed by atoms with Crippen molar-refractivity contribution in [1.29, 1.82) is 0 Å². The molecule has 29 heavy (non-hydrogen) atoms. The topological polar surface area (TPSA) is 66.5 Å². The third kappa shape index (κ3) is 5.19. The molecule has 0 unspecified atom stereocenters. The molecule has 0 radical (unpaired) electrons. The van der Waals surface area contributed by atoms with Gasteiger partial charge in [-0.3, -0.25) is 9.10 Å². The van der Waals surface area contributed by atoms with Crippen molar-refractivity contribution in [3.63, 3.8) is 0 Å². The van der Waals surface area contributed by atoms with Crippen LogP contribution in [0.25, 0.3) is 0 Å². The summed E-state index contributed by atoms with van der Waals surface area (Å²) in [4.78, 5) is 13.9. The molecule has 0 aliphatic rings. The fourth-order valence-corrected chi connectivity index (χ4v) is 4.74. The summed E-state index contributed by atoms with van der Waals surface area (Å²) in [6.45, 7) is 1.55. The van der Waals surface area contributed by atoms with Gasteiger partial charge in [0.25, 0.3) is 10.0 Å². The molecule has 5 nitrogen and oxygen atoms in total. The Morgan fingerprint density at radius 3 is 2.38 bits per heavy atom. The van der Waals surface area contributed by atoms with Crippen LogP contribution in [0.15, 0.2) is 88.7 Å². The first kappa shape index (κ1) is 21.0. The zero-order valence-corrected chi connectivity index (χ0v) is 17.8. The van der Waals surface area contributed by atoms with Crippen LogP contribution >= 0.6 is 11.8 Å². The minimum atomic E-state index is -3.90. The minimum Gasteiger partial charge on any atom is -0.324 e. The van der Waals surface area contributed by atoms with Gasteiger partial charge in [-0.25, -0.2) is 8.42 Å². The highest BCUT2D eigenvalue weighted by Gasteiger charge is 2.27. The Hall–Kier alpha value is -2.77. The van der Waals surface area contributed by atoms with Crippen molar-refractivity contribution < 1.29 is 13.2 Å². The summed E-state index contributed by atoms with van der Waals surface area (Å²) < 4.78 is 27.7. The molecule has 7 heteroatoms. The van der Waals surface area contributed by atoms with Crippen molar-refractivity contribution in [2.45, 2.75) is 16.7 Å². The van der Waals surface area contributed by atoms with Crippen molar-refractivity contribution >= 4 is 39.1 Å². The lowest BCUT2D eigenvalue weighted by Gasteiger charge is -2.24. The van der Waals surface area contributed by atoms with E-state index in [1.54, 1.807) is 54.2 Å². The predicted octanol–water partition coefficient (Wildman–Crippen LogP) is 4.55. The standard InChI is InChI=1S/C22H22N2O3S2/c1-17-8-6-10-19(14-17)24(29(26,27)21-12-4-3-5-13-21)16-22(25)23-18-9-7-11-20(15-18)28-2/h3-15H,16H2,1-2H3,(H,23,25). The molecule has 0 saturated heterocycles. The number of nitrogens with zero attached hydrogens (tertiary/aromatic N) is 1. The number of aryl methyl sites for hydroxylation is 1. The number of hydrogen-bond acceptors (Lipinski definition) is 4. The van der Waals surface area contributed by atoms with Gasteiger partial charge in [0.2, 0.25) is 5.91 Å². The van der Waals surface area contributed by atoms with Crippen LogP contribution in [-0.2, 0) is 14.8 Å². The van der Waals surface area contributed by atoms with Gasteiger partial charge in [-0.1, -0.05) is 36.4 Å². The lowest BCUT2D eigenvalue weighted by molar-refractivity contribution is -0.114. The molecular weight excluding hydrogens is 404 g/mol. The average Bonchev–Trinajstić information content (AvgIpc) is 2.72. The van der Waals surface area contributed by atoms with E-state index < -0.39 is 15.9 Å². The van der Waals surface area contributed by atoms with Gasteiger partial charge in [-0.05, 0) is 61.2 Å². The fourth-order valence-electron chi connectivity index (χ4n) is 2.85. The summed E-state index contributed by atoms with van der Waals surface area (Å²) in [7, 11) is -3.90. The molecule has 0 bridgehead atoms. The number of carbonyl (C=O) groups excluding carboxylic acids is 1. The van der Waals surface area contributed by atoms with Crippen LogP contribution in [-0.4, -0.2) is 27.1 Å². The zero-order valence-electron chi connectivity index (χ0n) is 16.2. The number of rotatable bonds is 7. The molecule has 3 rings (SSSR count). The van der Waals surface area contributed by atoms with Crippen LogP contribution in [0.4, 0.5) is 11.4 Å². The number of amides is 1. The highest BCUT2D eigenvalue weighted by Crippen LogP contribution is 2.25. The van der Waals surface area contributed by atoms with Gasteiger partial charge in [-0.15, -0.1) is 11.8 Å². The molecule has 0 heterocycles. The summed E-state index contributed by atoms with van der Waals surface area (Å²) in [5, 5.41) is 2.80.